The number of carbonyl (C=O) groups excluding carboxylic acids is 2. The van der Waals surface area contributed by atoms with E-state index in [0.717, 1.165) is 16.8 Å². The molecule has 2 N–H and O–H groups in total. The van der Waals surface area contributed by atoms with Crippen molar-refractivity contribution in [3.8, 4) is 5.75 Å². The summed E-state index contributed by atoms with van der Waals surface area (Å²) in [6.07, 6.45) is 0.661. The standard InChI is InChI=1S/C23H24N4O5/c28-20-14-27-13-17-11-18(8-9-19(17)24-23(27)25-20)32-10-4-7-21(29)26(15-22(30)31)12-16-5-2-1-3-6-16/h1-3,5-6,8-9,11H,4,7,10,12-15H2,(H,30,31)(H,24,25,28). The van der Waals surface area contributed by atoms with Crippen molar-refractivity contribution in [1.82, 2.24) is 15.1 Å². The molecule has 2 aliphatic rings. The number of nitrogens with one attached hydrogen (secondary N) is 1. The summed E-state index contributed by atoms with van der Waals surface area (Å²) in [6, 6.07) is 14.9. The van der Waals surface area contributed by atoms with Crippen LogP contribution in [0.15, 0.2) is 53.5 Å². The molecule has 0 saturated carbocycles. The minimum Gasteiger partial charge on any atom is -0.494 e. The van der Waals surface area contributed by atoms with E-state index in [1.165, 1.54) is 4.90 Å². The van der Waals surface area contributed by atoms with E-state index in [2.05, 4.69) is 10.3 Å². The summed E-state index contributed by atoms with van der Waals surface area (Å²) < 4.78 is 5.80. The molecular formula is C23H24N4O5. The van der Waals surface area contributed by atoms with Gasteiger partial charge in [0.25, 0.3) is 0 Å². The van der Waals surface area contributed by atoms with E-state index in [4.69, 9.17) is 9.84 Å². The van der Waals surface area contributed by atoms with Gasteiger partial charge in [-0.25, -0.2) is 4.99 Å². The smallest absolute Gasteiger partial charge is 0.323 e. The number of hydrogen-bond donors (Lipinski definition) is 2. The summed E-state index contributed by atoms with van der Waals surface area (Å²) in [5.41, 5.74) is 2.65. The van der Waals surface area contributed by atoms with Gasteiger partial charge in [-0.15, -0.1) is 0 Å². The van der Waals surface area contributed by atoms with E-state index in [1.807, 2.05) is 53.4 Å². The molecule has 1 fully saturated rings. The molecule has 9 nitrogen and oxygen atoms in total. The van der Waals surface area contributed by atoms with Gasteiger partial charge < -0.3 is 19.6 Å². The van der Waals surface area contributed by atoms with E-state index in [1.54, 1.807) is 0 Å². The van der Waals surface area contributed by atoms with Gasteiger partial charge in [0.15, 0.2) is 0 Å². The van der Waals surface area contributed by atoms with Crippen molar-refractivity contribution in [2.45, 2.75) is 25.9 Å². The summed E-state index contributed by atoms with van der Waals surface area (Å²) in [7, 11) is 0. The van der Waals surface area contributed by atoms with Gasteiger partial charge in [0, 0.05) is 25.1 Å². The molecule has 0 spiro atoms. The lowest BCUT2D eigenvalue weighted by atomic mass is 10.1. The van der Waals surface area contributed by atoms with E-state index < -0.39 is 5.97 Å². The fraction of sp³-hybridized carbons (Fsp3) is 0.304. The van der Waals surface area contributed by atoms with Crippen LogP contribution in [0.25, 0.3) is 0 Å². The molecule has 32 heavy (non-hydrogen) atoms. The van der Waals surface area contributed by atoms with Gasteiger partial charge in [-0.1, -0.05) is 30.3 Å². The first kappa shape index (κ1) is 21.4. The van der Waals surface area contributed by atoms with E-state index in [9.17, 15) is 14.4 Å². The zero-order chi connectivity index (χ0) is 22.5. The molecule has 0 bridgehead atoms. The van der Waals surface area contributed by atoms with Gasteiger partial charge in [0.1, 0.15) is 18.8 Å². The van der Waals surface area contributed by atoms with E-state index in [-0.39, 0.29) is 31.3 Å². The third kappa shape index (κ3) is 5.23. The van der Waals surface area contributed by atoms with Gasteiger partial charge in [-0.3, -0.25) is 19.7 Å². The monoisotopic (exact) mass is 436 g/mol. The normalized spacial score (nSPS) is 14.2. The Hall–Kier alpha value is -3.88. The predicted molar refractivity (Wildman–Crippen MR) is 116 cm³/mol. The topological polar surface area (TPSA) is 112 Å². The van der Waals surface area contributed by atoms with Gasteiger partial charge in [-0.2, -0.15) is 0 Å². The zero-order valence-electron chi connectivity index (χ0n) is 17.5. The highest BCUT2D eigenvalue weighted by Crippen LogP contribution is 2.30. The van der Waals surface area contributed by atoms with Crippen LogP contribution in [0.3, 0.4) is 0 Å². The molecule has 2 amide bonds. The van der Waals surface area contributed by atoms with Crippen LogP contribution in [-0.4, -0.2) is 58.3 Å². The lowest BCUT2D eigenvalue weighted by Gasteiger charge is -2.23. The number of hydrogen-bond acceptors (Lipinski definition) is 6. The van der Waals surface area contributed by atoms with Crippen molar-refractivity contribution in [2.24, 2.45) is 4.99 Å². The van der Waals surface area contributed by atoms with Crippen molar-refractivity contribution >= 4 is 29.4 Å². The number of ether oxygens (including phenoxy) is 1. The second kappa shape index (κ2) is 9.51. The Morgan fingerprint density at radius 1 is 1.16 bits per heavy atom. The maximum atomic E-state index is 12.6. The zero-order valence-corrected chi connectivity index (χ0v) is 17.5. The van der Waals surface area contributed by atoms with Crippen LogP contribution in [0.5, 0.6) is 5.75 Å². The lowest BCUT2D eigenvalue weighted by Crippen LogP contribution is -2.35. The van der Waals surface area contributed by atoms with Gasteiger partial charge >= 0.3 is 5.97 Å². The Bertz CT molecular complexity index is 1050. The van der Waals surface area contributed by atoms with Crippen LogP contribution in [0.4, 0.5) is 5.69 Å². The Balaban J connectivity index is 1.28. The lowest BCUT2D eigenvalue weighted by molar-refractivity contribution is -0.145. The van der Waals surface area contributed by atoms with Gasteiger partial charge in [0.2, 0.25) is 17.8 Å². The second-order valence-corrected chi connectivity index (χ2v) is 7.71. The van der Waals surface area contributed by atoms with Crippen molar-refractivity contribution in [3.05, 3.63) is 59.7 Å². The highest BCUT2D eigenvalue weighted by molar-refractivity contribution is 6.05. The number of amides is 2. The molecule has 0 aromatic heterocycles. The SMILES string of the molecule is O=C(O)CN(Cc1ccccc1)C(=O)CCCOc1ccc2c(c1)CN1CC(=O)NC1=N2. The average molecular weight is 436 g/mol. The fourth-order valence-electron chi connectivity index (χ4n) is 3.70. The molecule has 2 aromatic carbocycles. The van der Waals surface area contributed by atoms with E-state index in [0.29, 0.717) is 37.8 Å². The summed E-state index contributed by atoms with van der Waals surface area (Å²) >= 11 is 0. The number of aliphatic imine (C=N–C) groups is 1. The van der Waals surface area contributed by atoms with E-state index >= 15 is 0 Å². The maximum absolute atomic E-state index is 12.6. The van der Waals surface area contributed by atoms with Crippen LogP contribution >= 0.6 is 0 Å². The Morgan fingerprint density at radius 2 is 1.97 bits per heavy atom. The van der Waals surface area contributed by atoms with Crippen LogP contribution in [-0.2, 0) is 27.5 Å². The molecule has 4 rings (SSSR count). The molecule has 1 saturated heterocycles. The average Bonchev–Trinajstić information content (AvgIpc) is 3.13. The predicted octanol–water partition coefficient (Wildman–Crippen LogP) is 1.89. The summed E-state index contributed by atoms with van der Waals surface area (Å²) in [5.74, 6) is -0.0864. The van der Waals surface area contributed by atoms with Crippen molar-refractivity contribution in [2.75, 3.05) is 19.7 Å². The first-order valence-corrected chi connectivity index (χ1v) is 10.4. The summed E-state index contributed by atoms with van der Waals surface area (Å²) in [4.78, 5) is 43.0. The molecular weight excluding hydrogens is 412 g/mol. The number of carboxylic acid groups (broad SMARTS) is 1. The van der Waals surface area contributed by atoms with Crippen molar-refractivity contribution in [1.29, 1.82) is 0 Å². The number of carbonyl (C=O) groups is 3. The molecule has 9 heteroatoms. The molecule has 2 aliphatic heterocycles. The molecule has 0 unspecified atom stereocenters. The van der Waals surface area contributed by atoms with Gasteiger partial charge in [-0.05, 0) is 30.2 Å². The summed E-state index contributed by atoms with van der Waals surface area (Å²) in [5, 5.41) is 11.9. The van der Waals surface area contributed by atoms with Crippen LogP contribution in [0, 0.1) is 0 Å². The minimum atomic E-state index is -1.04. The number of aliphatic carboxylic acids is 1. The van der Waals surface area contributed by atoms with Crippen LogP contribution in [0.1, 0.15) is 24.0 Å². The van der Waals surface area contributed by atoms with Gasteiger partial charge in [0.05, 0.1) is 12.3 Å². The number of fused-ring (bicyclic) bond motifs is 2. The summed E-state index contributed by atoms with van der Waals surface area (Å²) in [6.45, 7) is 1.12. The highest BCUT2D eigenvalue weighted by atomic mass is 16.5. The minimum absolute atomic E-state index is 0.0677. The number of nitrogens with zero attached hydrogens (tertiary/aromatic N) is 3. The quantitative estimate of drug-likeness (QED) is 0.581. The Kier molecular flexibility index (Phi) is 6.34. The number of rotatable bonds is 9. The third-order valence-corrected chi connectivity index (χ3v) is 5.22. The van der Waals surface area contributed by atoms with Crippen LogP contribution in [0.2, 0.25) is 0 Å². The Labute approximate surface area is 185 Å². The maximum Gasteiger partial charge on any atom is 0.323 e. The largest absolute Gasteiger partial charge is 0.494 e. The Morgan fingerprint density at radius 3 is 2.75 bits per heavy atom. The molecule has 166 valence electrons. The van der Waals surface area contributed by atoms with Crippen molar-refractivity contribution < 1.29 is 24.2 Å². The number of benzene rings is 2. The molecule has 2 heterocycles. The van der Waals surface area contributed by atoms with Crippen LogP contribution < -0.4 is 10.1 Å². The highest BCUT2D eigenvalue weighted by Gasteiger charge is 2.29. The van der Waals surface area contributed by atoms with Crippen molar-refractivity contribution in [3.63, 3.8) is 0 Å². The first-order chi connectivity index (χ1) is 15.5. The molecule has 0 aliphatic carbocycles. The molecule has 0 radical (unpaired) electrons. The molecule has 0 atom stereocenters. The number of guanidine groups is 1. The first-order valence-electron chi connectivity index (χ1n) is 10.4. The third-order valence-electron chi connectivity index (χ3n) is 5.22. The fourth-order valence-corrected chi connectivity index (χ4v) is 3.70. The molecule has 2 aromatic rings. The second-order valence-electron chi connectivity index (χ2n) is 7.71. The number of carboxylic acids is 1.